The van der Waals surface area contributed by atoms with Gasteiger partial charge in [0.1, 0.15) is 28.9 Å². The summed E-state index contributed by atoms with van der Waals surface area (Å²) in [6.07, 6.45) is -1.00. The summed E-state index contributed by atoms with van der Waals surface area (Å²) in [6, 6.07) is 2.71. The Morgan fingerprint density at radius 3 is 2.42 bits per heavy atom. The van der Waals surface area contributed by atoms with Gasteiger partial charge in [-0.1, -0.05) is 29.9 Å². The minimum Gasteiger partial charge on any atom is -0.504 e. The van der Waals surface area contributed by atoms with Gasteiger partial charge in [0, 0.05) is 45.0 Å². The number of carbonyl (C=O) groups excluding carboxylic acids is 2. The Labute approximate surface area is 281 Å². The lowest BCUT2D eigenvalue weighted by Crippen LogP contribution is -2.50. The number of alkyl halides is 3. The molecule has 254 valence electrons. The minimum absolute atomic E-state index is 0.0259. The first kappa shape index (κ1) is 33.5. The number of piperazine rings is 1. The zero-order valence-electron chi connectivity index (χ0n) is 26.1. The summed E-state index contributed by atoms with van der Waals surface area (Å²) in [5, 5.41) is 13.4. The number of carbonyl (C=O) groups is 2. The normalized spacial score (nSPS) is 15.4. The van der Waals surface area contributed by atoms with E-state index in [1.54, 1.807) is 16.4 Å². The molecule has 2 N–H and O–H groups in total. The highest BCUT2D eigenvalue weighted by Crippen LogP contribution is 2.35. The van der Waals surface area contributed by atoms with Crippen LogP contribution in [0.3, 0.4) is 0 Å². The Hall–Kier alpha value is -4.44. The number of hydrogen-bond donors (Lipinski definition) is 2. The van der Waals surface area contributed by atoms with E-state index in [0.29, 0.717) is 40.9 Å². The van der Waals surface area contributed by atoms with Crippen molar-refractivity contribution in [2.75, 3.05) is 54.4 Å². The molecule has 0 unspecified atom stereocenters. The molecule has 3 aromatic heterocycles. The van der Waals surface area contributed by atoms with Gasteiger partial charge in [-0.2, -0.15) is 13.2 Å². The molecule has 4 aromatic rings. The van der Waals surface area contributed by atoms with Gasteiger partial charge in [-0.25, -0.2) is 15.0 Å². The van der Waals surface area contributed by atoms with Crippen molar-refractivity contribution in [1.82, 2.24) is 24.4 Å². The standard InChI is InChI=1S/C31H32ClF3N8O4S/c1-3-21-25(40-10-12-41(13-11-40)28(47)23-26(45)17(2)36-16-37-23)27(46)24-29(48-30(39-24)42-8-4-5-9-42)43(21)15-22(44)38-20-7-6-18(14-19(20)32)31(33,34)35/h6-7,14,16,45H,3-5,8-13,15H2,1-2H3,(H,38,44). The van der Waals surface area contributed by atoms with E-state index in [1.165, 1.54) is 17.7 Å². The molecule has 0 bridgehead atoms. The van der Waals surface area contributed by atoms with Crippen LogP contribution in [0.5, 0.6) is 5.75 Å². The smallest absolute Gasteiger partial charge is 0.416 e. The lowest BCUT2D eigenvalue weighted by molar-refractivity contribution is -0.137. The third kappa shape index (κ3) is 6.38. The van der Waals surface area contributed by atoms with Gasteiger partial charge in [-0.05, 0) is 44.4 Å². The van der Waals surface area contributed by atoms with Crippen molar-refractivity contribution in [3.63, 3.8) is 0 Å². The van der Waals surface area contributed by atoms with Gasteiger partial charge in [0.15, 0.2) is 16.6 Å². The van der Waals surface area contributed by atoms with Crippen molar-refractivity contribution in [3.05, 3.63) is 62.4 Å². The van der Waals surface area contributed by atoms with Crippen molar-refractivity contribution >= 4 is 61.6 Å². The number of halogens is 4. The molecule has 2 fully saturated rings. The van der Waals surface area contributed by atoms with E-state index in [9.17, 15) is 32.7 Å². The van der Waals surface area contributed by atoms with Crippen LogP contribution in [0.15, 0.2) is 29.3 Å². The molecule has 48 heavy (non-hydrogen) atoms. The van der Waals surface area contributed by atoms with E-state index in [4.69, 9.17) is 16.6 Å². The number of hydrogen-bond acceptors (Lipinski definition) is 10. The van der Waals surface area contributed by atoms with E-state index in [2.05, 4.69) is 20.2 Å². The molecule has 1 aromatic carbocycles. The molecule has 12 nitrogen and oxygen atoms in total. The molecule has 2 aliphatic heterocycles. The number of aromatic nitrogens is 4. The number of aromatic hydroxyl groups is 1. The summed E-state index contributed by atoms with van der Waals surface area (Å²) in [4.78, 5) is 59.5. The van der Waals surface area contributed by atoms with Crippen LogP contribution in [-0.4, -0.2) is 80.6 Å². The quantitative estimate of drug-likeness (QED) is 0.281. The second kappa shape index (κ2) is 13.2. The maximum absolute atomic E-state index is 14.2. The van der Waals surface area contributed by atoms with Gasteiger partial charge >= 0.3 is 6.18 Å². The zero-order chi connectivity index (χ0) is 34.3. The number of thiazole rings is 1. The minimum atomic E-state index is -4.59. The van der Waals surface area contributed by atoms with Crippen LogP contribution in [0.4, 0.5) is 29.7 Å². The predicted octanol–water partition coefficient (Wildman–Crippen LogP) is 4.70. The topological polar surface area (TPSA) is 137 Å². The molecular weight excluding hydrogens is 673 g/mol. The molecule has 0 saturated carbocycles. The molecule has 2 aliphatic rings. The summed E-state index contributed by atoms with van der Waals surface area (Å²) in [5.41, 5.74) is 0.176. The highest BCUT2D eigenvalue weighted by molar-refractivity contribution is 7.21. The molecule has 6 rings (SSSR count). The monoisotopic (exact) mass is 704 g/mol. The highest BCUT2D eigenvalue weighted by atomic mass is 35.5. The second-order valence-electron chi connectivity index (χ2n) is 11.6. The summed E-state index contributed by atoms with van der Waals surface area (Å²) in [6.45, 7) is 5.85. The van der Waals surface area contributed by atoms with Gasteiger partial charge in [-0.3, -0.25) is 14.4 Å². The fourth-order valence-electron chi connectivity index (χ4n) is 6.05. The first-order chi connectivity index (χ1) is 22.9. The van der Waals surface area contributed by atoms with E-state index < -0.39 is 23.6 Å². The number of amides is 2. The highest BCUT2D eigenvalue weighted by Gasteiger charge is 2.32. The molecule has 5 heterocycles. The van der Waals surface area contributed by atoms with Crippen LogP contribution in [0.1, 0.15) is 47.2 Å². The number of fused-ring (bicyclic) bond motifs is 1. The van der Waals surface area contributed by atoms with Gasteiger partial charge in [-0.15, -0.1) is 0 Å². The van der Waals surface area contributed by atoms with E-state index in [-0.39, 0.29) is 58.4 Å². The van der Waals surface area contributed by atoms with Crippen LogP contribution < -0.4 is 20.5 Å². The lowest BCUT2D eigenvalue weighted by Gasteiger charge is -2.37. The molecule has 17 heteroatoms. The molecule has 0 radical (unpaired) electrons. The average Bonchev–Trinajstić information content (AvgIpc) is 3.75. The van der Waals surface area contributed by atoms with Crippen LogP contribution >= 0.6 is 22.9 Å². The van der Waals surface area contributed by atoms with Crippen LogP contribution in [0.2, 0.25) is 5.02 Å². The molecule has 0 spiro atoms. The van der Waals surface area contributed by atoms with E-state index in [0.717, 1.165) is 44.1 Å². The summed E-state index contributed by atoms with van der Waals surface area (Å²) >= 11 is 7.44. The van der Waals surface area contributed by atoms with Crippen molar-refractivity contribution < 1.29 is 27.9 Å². The molecular formula is C31H32ClF3N8O4S. The van der Waals surface area contributed by atoms with Gasteiger partial charge in [0.05, 0.1) is 22.0 Å². The average molecular weight is 705 g/mol. The number of rotatable bonds is 7. The van der Waals surface area contributed by atoms with Crippen molar-refractivity contribution in [2.24, 2.45) is 0 Å². The Morgan fingerprint density at radius 1 is 1.06 bits per heavy atom. The van der Waals surface area contributed by atoms with Crippen LogP contribution in [-0.2, 0) is 23.9 Å². The van der Waals surface area contributed by atoms with E-state index >= 15 is 0 Å². The maximum Gasteiger partial charge on any atom is 0.416 e. The molecule has 0 atom stereocenters. The summed E-state index contributed by atoms with van der Waals surface area (Å²) < 4.78 is 41.2. The van der Waals surface area contributed by atoms with Crippen molar-refractivity contribution in [2.45, 2.75) is 45.8 Å². The number of aryl methyl sites for hydroxylation is 1. The number of anilines is 3. The Bertz CT molecular complexity index is 1950. The number of benzene rings is 1. The Balaban J connectivity index is 1.33. The van der Waals surface area contributed by atoms with Crippen LogP contribution in [0.25, 0.3) is 10.3 Å². The number of pyridine rings is 1. The van der Waals surface area contributed by atoms with Gasteiger partial charge < -0.3 is 29.7 Å². The van der Waals surface area contributed by atoms with Crippen molar-refractivity contribution in [1.29, 1.82) is 0 Å². The second-order valence-corrected chi connectivity index (χ2v) is 12.9. The lowest BCUT2D eigenvalue weighted by atomic mass is 10.1. The van der Waals surface area contributed by atoms with Crippen LogP contribution in [0, 0.1) is 6.92 Å². The Kier molecular flexibility index (Phi) is 9.22. The van der Waals surface area contributed by atoms with E-state index in [1.807, 2.05) is 11.8 Å². The SMILES string of the molecule is CCc1c(N2CCN(C(=O)c3ncnc(C)c3O)CC2)c(=O)c2nc(N3CCCC3)sc2n1CC(=O)Nc1ccc(C(F)(F)F)cc1Cl. The molecule has 0 aliphatic carbocycles. The molecule has 2 amide bonds. The van der Waals surface area contributed by atoms with Gasteiger partial charge in [0.2, 0.25) is 11.3 Å². The van der Waals surface area contributed by atoms with Crippen molar-refractivity contribution in [3.8, 4) is 5.75 Å². The summed E-state index contributed by atoms with van der Waals surface area (Å²) in [5.74, 6) is -1.27. The third-order valence-electron chi connectivity index (χ3n) is 8.55. The first-order valence-corrected chi connectivity index (χ1v) is 16.6. The first-order valence-electron chi connectivity index (χ1n) is 15.4. The summed E-state index contributed by atoms with van der Waals surface area (Å²) in [7, 11) is 0. The zero-order valence-corrected chi connectivity index (χ0v) is 27.7. The van der Waals surface area contributed by atoms with Gasteiger partial charge in [0.25, 0.3) is 5.91 Å². The predicted molar refractivity (Wildman–Crippen MR) is 176 cm³/mol. The third-order valence-corrected chi connectivity index (χ3v) is 10.00. The fourth-order valence-corrected chi connectivity index (χ4v) is 7.42. The molecule has 2 saturated heterocycles. The maximum atomic E-state index is 14.2. The number of nitrogens with one attached hydrogen (secondary N) is 1. The largest absolute Gasteiger partial charge is 0.504 e. The Morgan fingerprint density at radius 2 is 1.77 bits per heavy atom. The number of nitrogens with zero attached hydrogens (tertiary/aromatic N) is 7. The fraction of sp³-hybridized carbons (Fsp3) is 0.419.